The molecule has 1 atom stereocenters. The SMILES string of the molecule is CC(=O)N1CCCN(C(=O)CCc2cccnc2)CCNC(=O)CC1c1ccccc1. The van der Waals surface area contributed by atoms with Crippen molar-refractivity contribution in [2.75, 3.05) is 26.2 Å². The molecule has 0 spiro atoms. The molecular weight excluding hydrogens is 392 g/mol. The number of benzene rings is 1. The number of nitrogens with one attached hydrogen (secondary N) is 1. The summed E-state index contributed by atoms with van der Waals surface area (Å²) in [6.45, 7) is 3.44. The molecule has 3 rings (SSSR count). The number of rotatable bonds is 4. The van der Waals surface area contributed by atoms with Crippen LogP contribution in [0.3, 0.4) is 0 Å². The zero-order valence-electron chi connectivity index (χ0n) is 18.0. The second-order valence-electron chi connectivity index (χ2n) is 7.79. The van der Waals surface area contributed by atoms with Crippen molar-refractivity contribution in [3.05, 3.63) is 66.0 Å². The van der Waals surface area contributed by atoms with Gasteiger partial charge in [-0.15, -0.1) is 0 Å². The standard InChI is InChI=1S/C24H30N4O3/c1-19(29)28-15-6-14-27(24(31)11-10-20-7-5-12-25-18-20)16-13-26-23(30)17-22(28)21-8-3-2-4-9-21/h2-5,7-9,12,18,22H,6,10-11,13-17H2,1H3,(H,26,30). The van der Waals surface area contributed by atoms with E-state index in [9.17, 15) is 14.4 Å². The average molecular weight is 423 g/mol. The highest BCUT2D eigenvalue weighted by atomic mass is 16.2. The summed E-state index contributed by atoms with van der Waals surface area (Å²) in [5.74, 6) is -0.147. The maximum atomic E-state index is 12.8. The van der Waals surface area contributed by atoms with Crippen LogP contribution in [0.25, 0.3) is 0 Å². The predicted molar refractivity (Wildman–Crippen MR) is 118 cm³/mol. The van der Waals surface area contributed by atoms with Gasteiger partial charge in [-0.2, -0.15) is 0 Å². The van der Waals surface area contributed by atoms with Gasteiger partial charge in [0.15, 0.2) is 0 Å². The van der Waals surface area contributed by atoms with E-state index in [4.69, 9.17) is 0 Å². The summed E-state index contributed by atoms with van der Waals surface area (Å²) >= 11 is 0. The zero-order chi connectivity index (χ0) is 22.1. The monoisotopic (exact) mass is 422 g/mol. The minimum Gasteiger partial charge on any atom is -0.354 e. The van der Waals surface area contributed by atoms with Crippen molar-refractivity contribution in [3.63, 3.8) is 0 Å². The molecule has 2 heterocycles. The highest BCUT2D eigenvalue weighted by molar-refractivity contribution is 5.79. The van der Waals surface area contributed by atoms with E-state index in [0.717, 1.165) is 11.1 Å². The van der Waals surface area contributed by atoms with Crippen molar-refractivity contribution in [1.29, 1.82) is 0 Å². The molecule has 1 saturated heterocycles. The van der Waals surface area contributed by atoms with E-state index in [1.165, 1.54) is 6.92 Å². The Morgan fingerprint density at radius 2 is 1.90 bits per heavy atom. The van der Waals surface area contributed by atoms with Gasteiger partial charge in [0.05, 0.1) is 12.5 Å². The van der Waals surface area contributed by atoms with E-state index < -0.39 is 0 Å². The molecular formula is C24H30N4O3. The molecule has 1 aliphatic rings. The molecule has 0 aliphatic carbocycles. The van der Waals surface area contributed by atoms with Crippen LogP contribution >= 0.6 is 0 Å². The molecule has 7 heteroatoms. The Balaban J connectivity index is 1.68. The van der Waals surface area contributed by atoms with Crippen LogP contribution in [-0.2, 0) is 20.8 Å². The Morgan fingerprint density at radius 1 is 1.10 bits per heavy atom. The number of pyridine rings is 1. The normalized spacial score (nSPS) is 18.1. The fourth-order valence-corrected chi connectivity index (χ4v) is 3.94. The van der Waals surface area contributed by atoms with Crippen LogP contribution in [0.15, 0.2) is 54.9 Å². The molecule has 164 valence electrons. The van der Waals surface area contributed by atoms with Gasteiger partial charge < -0.3 is 15.1 Å². The number of hydrogen-bond donors (Lipinski definition) is 1. The van der Waals surface area contributed by atoms with Gasteiger partial charge >= 0.3 is 0 Å². The molecule has 1 aromatic heterocycles. The predicted octanol–water partition coefficient (Wildman–Crippen LogP) is 2.34. The molecule has 31 heavy (non-hydrogen) atoms. The Bertz CT molecular complexity index is 873. The molecule has 7 nitrogen and oxygen atoms in total. The van der Waals surface area contributed by atoms with Gasteiger partial charge in [0.1, 0.15) is 0 Å². The number of aromatic nitrogens is 1. The Hall–Kier alpha value is -3.22. The van der Waals surface area contributed by atoms with Crippen molar-refractivity contribution in [3.8, 4) is 0 Å². The van der Waals surface area contributed by atoms with Crippen LogP contribution in [0, 0.1) is 0 Å². The molecule has 0 bridgehead atoms. The van der Waals surface area contributed by atoms with Gasteiger partial charge in [0.2, 0.25) is 17.7 Å². The molecule has 1 fully saturated rings. The summed E-state index contributed by atoms with van der Waals surface area (Å²) in [4.78, 5) is 45.5. The molecule has 1 unspecified atom stereocenters. The minimum absolute atomic E-state index is 0.0475. The molecule has 0 radical (unpaired) electrons. The quantitative estimate of drug-likeness (QED) is 0.820. The first kappa shape index (κ1) is 22.5. The Labute approximate surface area is 183 Å². The minimum atomic E-state index is -0.313. The summed E-state index contributed by atoms with van der Waals surface area (Å²) in [5.41, 5.74) is 1.96. The largest absolute Gasteiger partial charge is 0.354 e. The van der Waals surface area contributed by atoms with Crippen LogP contribution in [0.2, 0.25) is 0 Å². The van der Waals surface area contributed by atoms with Gasteiger partial charge in [-0.25, -0.2) is 0 Å². The summed E-state index contributed by atoms with van der Waals surface area (Å²) < 4.78 is 0. The maximum absolute atomic E-state index is 12.8. The summed E-state index contributed by atoms with van der Waals surface area (Å²) in [6, 6.07) is 13.2. The maximum Gasteiger partial charge on any atom is 0.222 e. The lowest BCUT2D eigenvalue weighted by molar-refractivity contribution is -0.132. The molecule has 1 aliphatic heterocycles. The molecule has 2 aromatic rings. The molecule has 1 N–H and O–H groups in total. The number of amides is 3. The fourth-order valence-electron chi connectivity index (χ4n) is 3.94. The topological polar surface area (TPSA) is 82.6 Å². The Morgan fingerprint density at radius 3 is 2.61 bits per heavy atom. The number of carbonyl (C=O) groups excluding carboxylic acids is 3. The van der Waals surface area contributed by atoms with Crippen molar-refractivity contribution >= 4 is 17.7 Å². The zero-order valence-corrected chi connectivity index (χ0v) is 18.0. The highest BCUT2D eigenvalue weighted by Gasteiger charge is 2.26. The van der Waals surface area contributed by atoms with E-state index in [2.05, 4.69) is 10.3 Å². The molecule has 1 aromatic carbocycles. The van der Waals surface area contributed by atoms with Crippen molar-refractivity contribution in [2.45, 2.75) is 38.6 Å². The smallest absolute Gasteiger partial charge is 0.222 e. The van der Waals surface area contributed by atoms with Gasteiger partial charge in [-0.1, -0.05) is 36.4 Å². The van der Waals surface area contributed by atoms with E-state index in [1.54, 1.807) is 22.2 Å². The van der Waals surface area contributed by atoms with E-state index in [1.807, 2.05) is 42.5 Å². The van der Waals surface area contributed by atoms with Gasteiger partial charge in [-0.3, -0.25) is 19.4 Å². The van der Waals surface area contributed by atoms with Crippen LogP contribution < -0.4 is 5.32 Å². The lowest BCUT2D eigenvalue weighted by Gasteiger charge is -2.31. The lowest BCUT2D eigenvalue weighted by Crippen LogP contribution is -2.39. The first-order valence-corrected chi connectivity index (χ1v) is 10.8. The second kappa shape index (κ2) is 11.2. The third-order valence-electron chi connectivity index (χ3n) is 5.58. The first-order chi connectivity index (χ1) is 15.0. The molecule has 3 amide bonds. The van der Waals surface area contributed by atoms with E-state index >= 15 is 0 Å². The van der Waals surface area contributed by atoms with Crippen molar-refractivity contribution < 1.29 is 14.4 Å². The van der Waals surface area contributed by atoms with Gasteiger partial charge in [0, 0.05) is 51.9 Å². The average Bonchev–Trinajstić information content (AvgIpc) is 2.82. The fraction of sp³-hybridized carbons (Fsp3) is 0.417. The van der Waals surface area contributed by atoms with Crippen LogP contribution in [0.5, 0.6) is 0 Å². The first-order valence-electron chi connectivity index (χ1n) is 10.8. The molecule has 0 saturated carbocycles. The number of nitrogens with zero attached hydrogens (tertiary/aromatic N) is 3. The number of aryl methyl sites for hydroxylation is 1. The third-order valence-corrected chi connectivity index (χ3v) is 5.58. The second-order valence-corrected chi connectivity index (χ2v) is 7.79. The lowest BCUT2D eigenvalue weighted by atomic mass is 10.0. The number of hydrogen-bond acceptors (Lipinski definition) is 4. The van der Waals surface area contributed by atoms with E-state index in [-0.39, 0.29) is 30.2 Å². The Kier molecular flexibility index (Phi) is 8.15. The van der Waals surface area contributed by atoms with Gasteiger partial charge in [0.25, 0.3) is 0 Å². The summed E-state index contributed by atoms with van der Waals surface area (Å²) in [5, 5.41) is 2.92. The summed E-state index contributed by atoms with van der Waals surface area (Å²) in [7, 11) is 0. The summed E-state index contributed by atoms with van der Waals surface area (Å²) in [6.07, 6.45) is 5.38. The van der Waals surface area contributed by atoms with Crippen LogP contribution in [0.4, 0.5) is 0 Å². The van der Waals surface area contributed by atoms with Crippen LogP contribution in [-0.4, -0.2) is 58.7 Å². The highest BCUT2D eigenvalue weighted by Crippen LogP contribution is 2.25. The van der Waals surface area contributed by atoms with Crippen molar-refractivity contribution in [1.82, 2.24) is 20.1 Å². The van der Waals surface area contributed by atoms with Gasteiger partial charge in [-0.05, 0) is 30.0 Å². The van der Waals surface area contributed by atoms with E-state index in [0.29, 0.717) is 45.4 Å². The number of carbonyl (C=O) groups is 3. The van der Waals surface area contributed by atoms with Crippen LogP contribution in [0.1, 0.15) is 43.4 Å². The third kappa shape index (κ3) is 6.64. The van der Waals surface area contributed by atoms with Crippen molar-refractivity contribution in [2.24, 2.45) is 0 Å².